The molecule has 0 saturated carbocycles. The molecule has 2 N–H and O–H groups in total. The van der Waals surface area contributed by atoms with Gasteiger partial charge in [0, 0.05) is 36.5 Å². The Morgan fingerprint density at radius 1 is 1.00 bits per heavy atom. The van der Waals surface area contributed by atoms with Crippen molar-refractivity contribution in [2.75, 3.05) is 43.4 Å². The lowest BCUT2D eigenvalue weighted by Crippen LogP contribution is -2.43. The van der Waals surface area contributed by atoms with Crippen LogP contribution in [0.2, 0.25) is 5.02 Å². The summed E-state index contributed by atoms with van der Waals surface area (Å²) in [6.45, 7) is 5.38. The highest BCUT2D eigenvalue weighted by atomic mass is 35.5. The van der Waals surface area contributed by atoms with Gasteiger partial charge < -0.3 is 15.5 Å². The monoisotopic (exact) mass is 468 g/mol. The van der Waals surface area contributed by atoms with Crippen molar-refractivity contribution in [3.05, 3.63) is 58.1 Å². The molecular weight excluding hydrogens is 436 g/mol. The number of aryl methyl sites for hydroxylation is 2. The van der Waals surface area contributed by atoms with Crippen molar-refractivity contribution in [3.8, 4) is 0 Å². The zero-order valence-electron chi connectivity index (χ0n) is 19.5. The van der Waals surface area contributed by atoms with Crippen LogP contribution in [0.5, 0.6) is 0 Å². The van der Waals surface area contributed by atoms with Gasteiger partial charge in [-0.3, -0.25) is 14.5 Å². The van der Waals surface area contributed by atoms with Gasteiger partial charge in [0.05, 0.1) is 6.04 Å². The number of hydrogen-bond donors (Lipinski definition) is 2. The second kappa shape index (κ2) is 10.6. The normalized spacial score (nSPS) is 17.2. The molecule has 2 aromatic rings. The SMILES string of the molecule is Cc1ccc(NC(=O)C(=O)NC[C@@H](c2ccc3c(c2)CCCN3C)N2CCCCC2)cc1Cl. The molecule has 2 aromatic carbocycles. The second-order valence-electron chi connectivity index (χ2n) is 9.15. The summed E-state index contributed by atoms with van der Waals surface area (Å²) in [7, 11) is 2.14. The van der Waals surface area contributed by atoms with Crippen molar-refractivity contribution < 1.29 is 9.59 Å². The van der Waals surface area contributed by atoms with Crippen molar-refractivity contribution in [3.63, 3.8) is 0 Å². The van der Waals surface area contributed by atoms with Gasteiger partial charge >= 0.3 is 11.8 Å². The molecule has 1 fully saturated rings. The zero-order valence-corrected chi connectivity index (χ0v) is 20.3. The Kier molecular flexibility index (Phi) is 7.56. The fraction of sp³-hybridized carbons (Fsp3) is 0.462. The topological polar surface area (TPSA) is 64.7 Å². The van der Waals surface area contributed by atoms with Crippen LogP contribution in [0.3, 0.4) is 0 Å². The third-order valence-electron chi connectivity index (χ3n) is 6.76. The lowest BCUT2D eigenvalue weighted by Gasteiger charge is -2.36. The molecule has 2 amide bonds. The summed E-state index contributed by atoms with van der Waals surface area (Å²) in [4.78, 5) is 29.8. The molecule has 4 rings (SSSR count). The van der Waals surface area contributed by atoms with Gasteiger partial charge in [-0.05, 0) is 80.6 Å². The highest BCUT2D eigenvalue weighted by molar-refractivity contribution is 6.39. The van der Waals surface area contributed by atoms with E-state index in [1.54, 1.807) is 12.1 Å². The maximum Gasteiger partial charge on any atom is 0.313 e. The number of nitrogens with zero attached hydrogens (tertiary/aromatic N) is 2. The number of nitrogens with one attached hydrogen (secondary N) is 2. The predicted molar refractivity (Wildman–Crippen MR) is 134 cm³/mol. The molecule has 176 valence electrons. The van der Waals surface area contributed by atoms with Crippen LogP contribution in [-0.4, -0.2) is 49.9 Å². The number of likely N-dealkylation sites (tertiary alicyclic amines) is 1. The van der Waals surface area contributed by atoms with Crippen LogP contribution < -0.4 is 15.5 Å². The third kappa shape index (κ3) is 5.68. The van der Waals surface area contributed by atoms with E-state index >= 15 is 0 Å². The smallest absolute Gasteiger partial charge is 0.313 e. The van der Waals surface area contributed by atoms with Crippen LogP contribution in [0.4, 0.5) is 11.4 Å². The number of anilines is 2. The van der Waals surface area contributed by atoms with Crippen LogP contribution >= 0.6 is 11.6 Å². The van der Waals surface area contributed by atoms with Crippen molar-refractivity contribution >= 4 is 34.8 Å². The minimum absolute atomic E-state index is 0.0494. The summed E-state index contributed by atoms with van der Waals surface area (Å²) in [5.74, 6) is -1.31. The van der Waals surface area contributed by atoms with Crippen molar-refractivity contribution in [1.29, 1.82) is 0 Å². The van der Waals surface area contributed by atoms with E-state index in [2.05, 4.69) is 45.7 Å². The van der Waals surface area contributed by atoms with Gasteiger partial charge in [-0.1, -0.05) is 36.2 Å². The van der Waals surface area contributed by atoms with Gasteiger partial charge in [0.25, 0.3) is 0 Å². The lowest BCUT2D eigenvalue weighted by atomic mass is 9.95. The summed E-state index contributed by atoms with van der Waals surface area (Å²) >= 11 is 6.13. The molecule has 2 heterocycles. The molecule has 33 heavy (non-hydrogen) atoms. The first-order valence-electron chi connectivity index (χ1n) is 11.9. The first-order valence-corrected chi connectivity index (χ1v) is 12.2. The average Bonchev–Trinajstić information content (AvgIpc) is 2.82. The fourth-order valence-corrected chi connectivity index (χ4v) is 5.01. The Morgan fingerprint density at radius 2 is 1.79 bits per heavy atom. The minimum Gasteiger partial charge on any atom is -0.374 e. The number of piperidine rings is 1. The van der Waals surface area contributed by atoms with Gasteiger partial charge in [0.2, 0.25) is 0 Å². The van der Waals surface area contributed by atoms with Crippen LogP contribution in [0.1, 0.15) is 48.4 Å². The van der Waals surface area contributed by atoms with Gasteiger partial charge in [0.15, 0.2) is 0 Å². The maximum atomic E-state index is 12.6. The maximum absolute atomic E-state index is 12.6. The van der Waals surface area contributed by atoms with E-state index in [4.69, 9.17) is 11.6 Å². The number of carbonyl (C=O) groups excluding carboxylic acids is 2. The Hall–Kier alpha value is -2.57. The molecule has 0 aromatic heterocycles. The summed E-state index contributed by atoms with van der Waals surface area (Å²) in [5.41, 5.74) is 5.29. The number of amides is 2. The van der Waals surface area contributed by atoms with E-state index in [1.807, 2.05) is 13.0 Å². The fourth-order valence-electron chi connectivity index (χ4n) is 4.83. The molecule has 1 saturated heterocycles. The number of halogens is 1. The molecule has 0 bridgehead atoms. The summed E-state index contributed by atoms with van der Waals surface area (Å²) < 4.78 is 0. The average molecular weight is 469 g/mol. The summed E-state index contributed by atoms with van der Waals surface area (Å²) in [5, 5.41) is 6.07. The van der Waals surface area contributed by atoms with Crippen LogP contribution in [0.15, 0.2) is 36.4 Å². The second-order valence-corrected chi connectivity index (χ2v) is 9.56. The quantitative estimate of drug-likeness (QED) is 0.642. The molecule has 0 radical (unpaired) electrons. The van der Waals surface area contributed by atoms with E-state index in [-0.39, 0.29) is 6.04 Å². The number of carbonyl (C=O) groups is 2. The first kappa shape index (κ1) is 23.6. The van der Waals surface area contributed by atoms with E-state index < -0.39 is 11.8 Å². The van der Waals surface area contributed by atoms with Gasteiger partial charge in [-0.25, -0.2) is 0 Å². The predicted octanol–water partition coefficient (Wildman–Crippen LogP) is 4.31. The zero-order chi connectivity index (χ0) is 23.4. The van der Waals surface area contributed by atoms with Crippen LogP contribution in [0.25, 0.3) is 0 Å². The van der Waals surface area contributed by atoms with Crippen LogP contribution in [0, 0.1) is 6.92 Å². The molecule has 0 aliphatic carbocycles. The van der Waals surface area contributed by atoms with Gasteiger partial charge in [-0.15, -0.1) is 0 Å². The van der Waals surface area contributed by atoms with Crippen molar-refractivity contribution in [2.45, 2.75) is 45.1 Å². The number of rotatable bonds is 5. The molecule has 0 unspecified atom stereocenters. The largest absolute Gasteiger partial charge is 0.374 e. The molecule has 2 aliphatic rings. The van der Waals surface area contributed by atoms with E-state index in [0.29, 0.717) is 17.3 Å². The highest BCUT2D eigenvalue weighted by Gasteiger charge is 2.26. The number of hydrogen-bond acceptors (Lipinski definition) is 4. The molecule has 6 nitrogen and oxygen atoms in total. The Bertz CT molecular complexity index is 1020. The molecule has 7 heteroatoms. The third-order valence-corrected chi connectivity index (χ3v) is 7.17. The van der Waals surface area contributed by atoms with E-state index in [0.717, 1.165) is 50.9 Å². The molecular formula is C26H33ClN4O2. The van der Waals surface area contributed by atoms with E-state index in [9.17, 15) is 9.59 Å². The number of fused-ring (bicyclic) bond motifs is 1. The van der Waals surface area contributed by atoms with Crippen molar-refractivity contribution in [2.24, 2.45) is 0 Å². The number of benzene rings is 2. The Morgan fingerprint density at radius 3 is 2.55 bits per heavy atom. The lowest BCUT2D eigenvalue weighted by molar-refractivity contribution is -0.136. The summed E-state index contributed by atoms with van der Waals surface area (Å²) in [6, 6.07) is 11.9. The Labute approximate surface area is 201 Å². The van der Waals surface area contributed by atoms with Gasteiger partial charge in [-0.2, -0.15) is 0 Å². The van der Waals surface area contributed by atoms with Crippen LogP contribution in [-0.2, 0) is 16.0 Å². The molecule has 0 spiro atoms. The standard InChI is InChI=1S/C26H33ClN4O2/c1-18-8-10-21(16-22(18)27)29-26(33)25(32)28-17-24(31-13-4-3-5-14-31)20-9-11-23-19(15-20)7-6-12-30(23)2/h8-11,15-16,24H,3-7,12-14,17H2,1-2H3,(H,28,32)(H,29,33)/t24-/m0/s1. The molecule has 2 aliphatic heterocycles. The van der Waals surface area contributed by atoms with Crippen molar-refractivity contribution in [1.82, 2.24) is 10.2 Å². The first-order chi connectivity index (χ1) is 15.9. The highest BCUT2D eigenvalue weighted by Crippen LogP contribution is 2.31. The Balaban J connectivity index is 1.46. The van der Waals surface area contributed by atoms with E-state index in [1.165, 1.54) is 23.2 Å². The van der Waals surface area contributed by atoms with Gasteiger partial charge in [0.1, 0.15) is 0 Å². The minimum atomic E-state index is -0.681. The summed E-state index contributed by atoms with van der Waals surface area (Å²) in [6.07, 6.45) is 5.79. The molecule has 1 atom stereocenters.